The van der Waals surface area contributed by atoms with E-state index in [1.807, 2.05) is 0 Å². The van der Waals surface area contributed by atoms with Crippen molar-refractivity contribution < 1.29 is 5.11 Å². The van der Waals surface area contributed by atoms with E-state index in [4.69, 9.17) is 0 Å². The second-order valence-corrected chi connectivity index (χ2v) is 4.37. The van der Waals surface area contributed by atoms with Crippen LogP contribution in [0.3, 0.4) is 0 Å². The molecular formula is C9H17BrO. The summed E-state index contributed by atoms with van der Waals surface area (Å²) in [6.45, 7) is 0. The molecular weight excluding hydrogens is 204 g/mol. The molecule has 1 saturated carbocycles. The van der Waals surface area contributed by atoms with Crippen LogP contribution in [0.25, 0.3) is 0 Å². The monoisotopic (exact) mass is 220 g/mol. The lowest BCUT2D eigenvalue weighted by Crippen LogP contribution is -2.27. The maximum atomic E-state index is 10.0. The first kappa shape index (κ1) is 9.53. The molecule has 0 aromatic heterocycles. The van der Waals surface area contributed by atoms with Gasteiger partial charge in [-0.05, 0) is 19.3 Å². The Kier molecular flexibility index (Phi) is 3.86. The van der Waals surface area contributed by atoms with E-state index in [-0.39, 0.29) is 5.60 Å². The lowest BCUT2D eigenvalue weighted by Gasteiger charge is -2.25. The highest BCUT2D eigenvalue weighted by molar-refractivity contribution is 9.09. The number of hydrogen-bond donors (Lipinski definition) is 1. The Hall–Kier alpha value is 0.440. The van der Waals surface area contributed by atoms with E-state index in [1.54, 1.807) is 0 Å². The molecule has 0 radical (unpaired) electrons. The van der Waals surface area contributed by atoms with Crippen LogP contribution in [0.15, 0.2) is 0 Å². The summed E-state index contributed by atoms with van der Waals surface area (Å²) < 4.78 is 0. The minimum absolute atomic E-state index is 0.333. The van der Waals surface area contributed by atoms with Gasteiger partial charge in [-0.3, -0.25) is 0 Å². The average Bonchev–Trinajstić information content (AvgIpc) is 2.15. The third kappa shape index (κ3) is 3.12. The van der Waals surface area contributed by atoms with E-state index in [1.165, 1.54) is 25.7 Å². The zero-order valence-electron chi connectivity index (χ0n) is 6.98. The predicted molar refractivity (Wildman–Crippen MR) is 51.1 cm³/mol. The van der Waals surface area contributed by atoms with Crippen molar-refractivity contribution in [3.8, 4) is 0 Å². The molecule has 2 heteroatoms. The highest BCUT2D eigenvalue weighted by Gasteiger charge is 2.26. The molecule has 0 atom stereocenters. The van der Waals surface area contributed by atoms with Crippen LogP contribution < -0.4 is 0 Å². The van der Waals surface area contributed by atoms with Crippen LogP contribution in [-0.2, 0) is 0 Å². The Morgan fingerprint density at radius 3 is 2.09 bits per heavy atom. The highest BCUT2D eigenvalue weighted by atomic mass is 79.9. The third-order valence-corrected chi connectivity index (χ3v) is 2.99. The third-order valence-electron chi connectivity index (χ3n) is 2.59. The number of halogens is 1. The highest BCUT2D eigenvalue weighted by Crippen LogP contribution is 2.29. The van der Waals surface area contributed by atoms with Crippen molar-refractivity contribution in [3.63, 3.8) is 0 Å². The lowest BCUT2D eigenvalue weighted by molar-refractivity contribution is 0.0226. The fourth-order valence-electron chi connectivity index (χ4n) is 1.81. The number of hydrogen-bond acceptors (Lipinski definition) is 1. The van der Waals surface area contributed by atoms with Crippen LogP contribution in [0.4, 0.5) is 0 Å². The van der Waals surface area contributed by atoms with E-state index in [2.05, 4.69) is 15.9 Å². The SMILES string of the molecule is OC1(CCBr)CCCCCC1. The fraction of sp³-hybridized carbons (Fsp3) is 1.00. The summed E-state index contributed by atoms with van der Waals surface area (Å²) in [6.07, 6.45) is 7.99. The molecule has 11 heavy (non-hydrogen) atoms. The molecule has 0 aromatic carbocycles. The summed E-state index contributed by atoms with van der Waals surface area (Å²) >= 11 is 3.39. The van der Waals surface area contributed by atoms with Gasteiger partial charge in [-0.25, -0.2) is 0 Å². The minimum atomic E-state index is -0.333. The van der Waals surface area contributed by atoms with Gasteiger partial charge in [-0.1, -0.05) is 41.6 Å². The first-order valence-electron chi connectivity index (χ1n) is 4.55. The molecule has 66 valence electrons. The average molecular weight is 221 g/mol. The maximum Gasteiger partial charge on any atom is 0.0655 e. The first-order valence-corrected chi connectivity index (χ1v) is 5.67. The molecule has 1 fully saturated rings. The Bertz CT molecular complexity index is 106. The molecule has 1 rings (SSSR count). The summed E-state index contributed by atoms with van der Waals surface area (Å²) in [5.41, 5.74) is -0.333. The fourth-order valence-corrected chi connectivity index (χ4v) is 2.55. The maximum absolute atomic E-state index is 10.0. The van der Waals surface area contributed by atoms with Gasteiger partial charge in [0.15, 0.2) is 0 Å². The van der Waals surface area contributed by atoms with E-state index >= 15 is 0 Å². The molecule has 1 N–H and O–H groups in total. The molecule has 0 unspecified atom stereocenters. The quantitative estimate of drug-likeness (QED) is 0.561. The van der Waals surface area contributed by atoms with Gasteiger partial charge < -0.3 is 5.11 Å². The van der Waals surface area contributed by atoms with Gasteiger partial charge in [-0.15, -0.1) is 0 Å². The molecule has 0 saturated heterocycles. The number of rotatable bonds is 2. The zero-order chi connectivity index (χ0) is 8.16. The summed E-state index contributed by atoms with van der Waals surface area (Å²) in [7, 11) is 0. The van der Waals surface area contributed by atoms with Crippen LogP contribution in [0.5, 0.6) is 0 Å². The van der Waals surface area contributed by atoms with Crippen LogP contribution >= 0.6 is 15.9 Å². The molecule has 0 spiro atoms. The van der Waals surface area contributed by atoms with E-state index in [0.717, 1.165) is 24.6 Å². The van der Waals surface area contributed by atoms with E-state index in [0.29, 0.717) is 0 Å². The number of aliphatic hydroxyl groups is 1. The van der Waals surface area contributed by atoms with E-state index < -0.39 is 0 Å². The second-order valence-electron chi connectivity index (χ2n) is 3.58. The van der Waals surface area contributed by atoms with Crippen LogP contribution in [0.2, 0.25) is 0 Å². The van der Waals surface area contributed by atoms with Gasteiger partial charge >= 0.3 is 0 Å². The van der Waals surface area contributed by atoms with Crippen molar-refractivity contribution in [1.29, 1.82) is 0 Å². The molecule has 0 heterocycles. The summed E-state index contributed by atoms with van der Waals surface area (Å²) in [5, 5.41) is 11.0. The Morgan fingerprint density at radius 1 is 1.09 bits per heavy atom. The van der Waals surface area contributed by atoms with Crippen LogP contribution in [0.1, 0.15) is 44.9 Å². The summed E-state index contributed by atoms with van der Waals surface area (Å²) in [4.78, 5) is 0. The molecule has 0 aliphatic heterocycles. The predicted octanol–water partition coefficient (Wildman–Crippen LogP) is 2.86. The van der Waals surface area contributed by atoms with Crippen molar-refractivity contribution >= 4 is 15.9 Å². The molecule has 1 aliphatic rings. The molecule has 0 amide bonds. The van der Waals surface area contributed by atoms with Gasteiger partial charge in [0.05, 0.1) is 5.60 Å². The second kappa shape index (κ2) is 4.46. The van der Waals surface area contributed by atoms with Crippen LogP contribution in [-0.4, -0.2) is 16.0 Å². The van der Waals surface area contributed by atoms with Crippen molar-refractivity contribution in [1.82, 2.24) is 0 Å². The summed E-state index contributed by atoms with van der Waals surface area (Å²) in [6, 6.07) is 0. The van der Waals surface area contributed by atoms with Crippen LogP contribution in [0, 0.1) is 0 Å². The van der Waals surface area contributed by atoms with Crippen molar-refractivity contribution in [2.45, 2.75) is 50.5 Å². The smallest absolute Gasteiger partial charge is 0.0655 e. The zero-order valence-corrected chi connectivity index (χ0v) is 8.57. The largest absolute Gasteiger partial charge is 0.390 e. The topological polar surface area (TPSA) is 20.2 Å². The van der Waals surface area contributed by atoms with Gasteiger partial charge in [-0.2, -0.15) is 0 Å². The summed E-state index contributed by atoms with van der Waals surface area (Å²) in [5.74, 6) is 0. The van der Waals surface area contributed by atoms with Crippen molar-refractivity contribution in [2.24, 2.45) is 0 Å². The molecule has 1 aliphatic carbocycles. The minimum Gasteiger partial charge on any atom is -0.390 e. The van der Waals surface area contributed by atoms with Gasteiger partial charge in [0.2, 0.25) is 0 Å². The normalized spacial score (nSPS) is 24.5. The van der Waals surface area contributed by atoms with Crippen molar-refractivity contribution in [3.05, 3.63) is 0 Å². The van der Waals surface area contributed by atoms with E-state index in [9.17, 15) is 5.11 Å². The van der Waals surface area contributed by atoms with Gasteiger partial charge in [0, 0.05) is 5.33 Å². The number of alkyl halides is 1. The Labute approximate surface area is 77.3 Å². The lowest BCUT2D eigenvalue weighted by atomic mass is 9.92. The molecule has 0 aromatic rings. The molecule has 1 nitrogen and oxygen atoms in total. The first-order chi connectivity index (χ1) is 5.27. The van der Waals surface area contributed by atoms with Crippen molar-refractivity contribution in [2.75, 3.05) is 5.33 Å². The Morgan fingerprint density at radius 2 is 1.64 bits per heavy atom. The van der Waals surface area contributed by atoms with Gasteiger partial charge in [0.25, 0.3) is 0 Å². The standard InChI is InChI=1S/C9H17BrO/c10-8-7-9(11)5-3-1-2-4-6-9/h11H,1-8H2. The Balaban J connectivity index is 2.38. The van der Waals surface area contributed by atoms with Gasteiger partial charge in [0.1, 0.15) is 0 Å². The molecule has 0 bridgehead atoms.